The van der Waals surface area contributed by atoms with E-state index in [1.54, 1.807) is 43.3 Å². The predicted octanol–water partition coefficient (Wildman–Crippen LogP) is 4.73. The van der Waals surface area contributed by atoms with Gasteiger partial charge in [-0.15, -0.1) is 0 Å². The van der Waals surface area contributed by atoms with Crippen molar-refractivity contribution >= 4 is 45.0 Å². The lowest BCUT2D eigenvalue weighted by atomic mass is 10.1. The molecular weight excluding hydrogens is 509 g/mol. The number of sulfonamides is 1. The first-order valence-electron chi connectivity index (χ1n) is 11.3. The molecule has 1 N–H and O–H groups in total. The van der Waals surface area contributed by atoms with Crippen LogP contribution in [0.1, 0.15) is 46.1 Å². The van der Waals surface area contributed by atoms with E-state index in [1.807, 2.05) is 20.8 Å². The van der Waals surface area contributed by atoms with Gasteiger partial charge in [0.25, 0.3) is 0 Å². The van der Waals surface area contributed by atoms with Gasteiger partial charge in [-0.25, -0.2) is 12.7 Å². The molecule has 0 aliphatic rings. The van der Waals surface area contributed by atoms with E-state index >= 15 is 0 Å². The van der Waals surface area contributed by atoms with Crippen molar-refractivity contribution in [2.45, 2.75) is 63.6 Å². The van der Waals surface area contributed by atoms with Gasteiger partial charge >= 0.3 is 0 Å². The first-order chi connectivity index (χ1) is 16.2. The van der Waals surface area contributed by atoms with Crippen LogP contribution < -0.4 is 5.32 Å². The van der Waals surface area contributed by atoms with E-state index in [4.69, 9.17) is 23.2 Å². The predicted molar refractivity (Wildman–Crippen MR) is 140 cm³/mol. The van der Waals surface area contributed by atoms with E-state index in [1.165, 1.54) is 28.4 Å². The summed E-state index contributed by atoms with van der Waals surface area (Å²) in [5.74, 6) is -0.571. The summed E-state index contributed by atoms with van der Waals surface area (Å²) < 4.78 is 26.7. The summed E-state index contributed by atoms with van der Waals surface area (Å²) in [6, 6.07) is 12.4. The SMILES string of the molecule is CC(C(=O)NC(C)(C)C)N(Cc1ccc(Cl)cc1Cl)C(=O)CCCN(C)S(=O)(=O)c1ccccc1. The zero-order valence-electron chi connectivity index (χ0n) is 20.7. The third-order valence-corrected chi connectivity index (χ3v) is 7.79. The smallest absolute Gasteiger partial charge is 0.242 e. The van der Waals surface area contributed by atoms with Crippen molar-refractivity contribution in [1.82, 2.24) is 14.5 Å². The molecule has 0 bridgehead atoms. The Kier molecular flexibility index (Phi) is 10.2. The van der Waals surface area contributed by atoms with E-state index in [0.717, 1.165) is 0 Å². The molecule has 2 aromatic rings. The molecular formula is C25H33Cl2N3O4S. The molecule has 1 unspecified atom stereocenters. The van der Waals surface area contributed by atoms with Crippen molar-refractivity contribution < 1.29 is 18.0 Å². The Bertz CT molecular complexity index is 1140. The maximum atomic E-state index is 13.2. The quantitative estimate of drug-likeness (QED) is 0.471. The summed E-state index contributed by atoms with van der Waals surface area (Å²) in [4.78, 5) is 27.8. The fourth-order valence-electron chi connectivity index (χ4n) is 3.38. The molecule has 35 heavy (non-hydrogen) atoms. The monoisotopic (exact) mass is 541 g/mol. The Morgan fingerprint density at radius 1 is 1.06 bits per heavy atom. The largest absolute Gasteiger partial charge is 0.350 e. The molecule has 0 fully saturated rings. The van der Waals surface area contributed by atoms with E-state index in [9.17, 15) is 18.0 Å². The fraction of sp³-hybridized carbons (Fsp3) is 0.440. The van der Waals surface area contributed by atoms with Gasteiger partial charge in [0, 0.05) is 42.1 Å². The van der Waals surface area contributed by atoms with Crippen molar-refractivity contribution in [3.05, 3.63) is 64.1 Å². The topological polar surface area (TPSA) is 86.8 Å². The zero-order chi connectivity index (χ0) is 26.4. The summed E-state index contributed by atoms with van der Waals surface area (Å²) in [5, 5.41) is 3.77. The van der Waals surface area contributed by atoms with Crippen LogP contribution in [0.2, 0.25) is 10.0 Å². The highest BCUT2D eigenvalue weighted by atomic mass is 35.5. The van der Waals surface area contributed by atoms with Crippen molar-refractivity contribution in [3.8, 4) is 0 Å². The van der Waals surface area contributed by atoms with E-state index in [-0.39, 0.29) is 36.2 Å². The molecule has 0 spiro atoms. The first kappa shape index (κ1) is 29.1. The van der Waals surface area contributed by atoms with E-state index in [0.29, 0.717) is 22.0 Å². The van der Waals surface area contributed by atoms with Gasteiger partial charge in [-0.05, 0) is 63.9 Å². The summed E-state index contributed by atoms with van der Waals surface area (Å²) in [6.45, 7) is 7.52. The first-order valence-corrected chi connectivity index (χ1v) is 13.5. The molecule has 0 aliphatic heterocycles. The third kappa shape index (κ3) is 8.49. The Morgan fingerprint density at radius 3 is 2.26 bits per heavy atom. The number of hydrogen-bond acceptors (Lipinski definition) is 4. The second-order valence-corrected chi connectivity index (χ2v) is 12.3. The maximum absolute atomic E-state index is 13.2. The number of amides is 2. The number of hydrogen-bond donors (Lipinski definition) is 1. The molecule has 10 heteroatoms. The Labute approximate surface area is 218 Å². The van der Waals surface area contributed by atoms with Gasteiger partial charge in [0.2, 0.25) is 21.8 Å². The zero-order valence-corrected chi connectivity index (χ0v) is 23.0. The Morgan fingerprint density at radius 2 is 1.69 bits per heavy atom. The average molecular weight is 543 g/mol. The minimum absolute atomic E-state index is 0.0625. The second kappa shape index (κ2) is 12.2. The van der Waals surface area contributed by atoms with Crippen LogP contribution in [0.4, 0.5) is 0 Å². The van der Waals surface area contributed by atoms with Gasteiger partial charge in [0.15, 0.2) is 0 Å². The highest BCUT2D eigenvalue weighted by Gasteiger charge is 2.29. The minimum Gasteiger partial charge on any atom is -0.350 e. The molecule has 0 aliphatic carbocycles. The summed E-state index contributed by atoms with van der Waals surface area (Å²) in [7, 11) is -2.17. The van der Waals surface area contributed by atoms with Crippen LogP contribution in [0.3, 0.4) is 0 Å². The fourth-order valence-corrected chi connectivity index (χ4v) is 5.08. The van der Waals surface area contributed by atoms with Crippen LogP contribution in [0.15, 0.2) is 53.4 Å². The van der Waals surface area contributed by atoms with Crippen LogP contribution in [0.5, 0.6) is 0 Å². The molecule has 2 amide bonds. The standard InChI is InChI=1S/C25H33Cl2N3O4S/c1-18(24(32)28-25(2,3)4)30(17-19-13-14-20(26)16-22(19)27)23(31)12-9-15-29(5)35(33,34)21-10-7-6-8-11-21/h6-8,10-11,13-14,16,18H,9,12,15,17H2,1-5H3,(H,28,32). The van der Waals surface area contributed by atoms with Gasteiger partial charge in [-0.3, -0.25) is 9.59 Å². The highest BCUT2D eigenvalue weighted by molar-refractivity contribution is 7.89. The molecule has 0 aromatic heterocycles. The summed E-state index contributed by atoms with van der Waals surface area (Å²) in [6.07, 6.45) is 0.354. The third-order valence-electron chi connectivity index (χ3n) is 5.34. The van der Waals surface area contributed by atoms with Crippen LogP contribution in [0, 0.1) is 0 Å². The van der Waals surface area contributed by atoms with Crippen molar-refractivity contribution in [3.63, 3.8) is 0 Å². The molecule has 192 valence electrons. The maximum Gasteiger partial charge on any atom is 0.242 e. The molecule has 0 radical (unpaired) electrons. The molecule has 2 rings (SSSR count). The van der Waals surface area contributed by atoms with Crippen LogP contribution in [-0.2, 0) is 26.2 Å². The lowest BCUT2D eigenvalue weighted by Gasteiger charge is -2.32. The van der Waals surface area contributed by atoms with Gasteiger partial charge in [0.1, 0.15) is 6.04 Å². The van der Waals surface area contributed by atoms with E-state index in [2.05, 4.69) is 5.32 Å². The number of rotatable bonds is 10. The van der Waals surface area contributed by atoms with E-state index < -0.39 is 21.6 Å². The van der Waals surface area contributed by atoms with Gasteiger partial charge in [-0.2, -0.15) is 0 Å². The molecule has 0 heterocycles. The van der Waals surface area contributed by atoms with Crippen LogP contribution >= 0.6 is 23.2 Å². The average Bonchev–Trinajstić information content (AvgIpc) is 2.77. The van der Waals surface area contributed by atoms with Gasteiger partial charge < -0.3 is 10.2 Å². The Hall–Kier alpha value is -2.13. The Balaban J connectivity index is 2.14. The molecule has 7 nitrogen and oxygen atoms in total. The molecule has 1 atom stereocenters. The number of nitrogens with one attached hydrogen (secondary N) is 1. The minimum atomic E-state index is -3.65. The van der Waals surface area contributed by atoms with Gasteiger partial charge in [0.05, 0.1) is 4.90 Å². The molecule has 0 saturated carbocycles. The lowest BCUT2D eigenvalue weighted by Crippen LogP contribution is -2.52. The van der Waals surface area contributed by atoms with Gasteiger partial charge in [-0.1, -0.05) is 47.5 Å². The lowest BCUT2D eigenvalue weighted by molar-refractivity contribution is -0.141. The van der Waals surface area contributed by atoms with Crippen LogP contribution in [-0.4, -0.2) is 54.6 Å². The van der Waals surface area contributed by atoms with Crippen molar-refractivity contribution in [2.75, 3.05) is 13.6 Å². The number of carbonyl (C=O) groups excluding carboxylic acids is 2. The normalized spacial score (nSPS) is 12.9. The number of carbonyl (C=O) groups is 2. The van der Waals surface area contributed by atoms with Crippen LogP contribution in [0.25, 0.3) is 0 Å². The number of nitrogens with zero attached hydrogens (tertiary/aromatic N) is 2. The molecule has 0 saturated heterocycles. The summed E-state index contributed by atoms with van der Waals surface area (Å²) >= 11 is 12.3. The molecule has 2 aromatic carbocycles. The van der Waals surface area contributed by atoms with Crippen molar-refractivity contribution in [1.29, 1.82) is 0 Å². The van der Waals surface area contributed by atoms with Crippen molar-refractivity contribution in [2.24, 2.45) is 0 Å². The summed E-state index contributed by atoms with van der Waals surface area (Å²) in [5.41, 5.74) is 0.190. The number of benzene rings is 2. The number of halogens is 2. The second-order valence-electron chi connectivity index (χ2n) is 9.42. The highest BCUT2D eigenvalue weighted by Crippen LogP contribution is 2.24.